The van der Waals surface area contributed by atoms with Gasteiger partial charge in [0, 0.05) is 6.21 Å². The van der Waals surface area contributed by atoms with Crippen molar-refractivity contribution in [3.8, 4) is 6.07 Å². The van der Waals surface area contributed by atoms with Crippen molar-refractivity contribution < 1.29 is 0 Å². The van der Waals surface area contributed by atoms with Crippen molar-refractivity contribution in [3.05, 3.63) is 54.2 Å². The summed E-state index contributed by atoms with van der Waals surface area (Å²) in [4.78, 5) is 3.98. The molecule has 114 valence electrons. The molecule has 1 aromatic carbocycles. The van der Waals surface area contributed by atoms with Crippen LogP contribution in [0.2, 0.25) is 0 Å². The zero-order chi connectivity index (χ0) is 15.9. The summed E-state index contributed by atoms with van der Waals surface area (Å²) in [6.45, 7) is 9.81. The lowest BCUT2D eigenvalue weighted by atomic mass is 9.85. The third kappa shape index (κ3) is 3.95. The molecule has 22 heavy (non-hydrogen) atoms. The Hall–Kier alpha value is -2.14. The molecule has 1 aliphatic carbocycles. The fraction of sp³-hybridized carbons (Fsp3) is 0.400. The topological polar surface area (TPSA) is 36.1 Å². The summed E-state index contributed by atoms with van der Waals surface area (Å²) >= 11 is 0. The fourth-order valence-electron chi connectivity index (χ4n) is 3.40. The lowest BCUT2D eigenvalue weighted by Gasteiger charge is -2.19. The monoisotopic (exact) mass is 292 g/mol. The Morgan fingerprint density at radius 3 is 2.68 bits per heavy atom. The van der Waals surface area contributed by atoms with E-state index in [4.69, 9.17) is 5.26 Å². The molecule has 0 bridgehead atoms. The van der Waals surface area contributed by atoms with Crippen LogP contribution in [-0.2, 0) is 0 Å². The van der Waals surface area contributed by atoms with Crippen LogP contribution in [0.25, 0.3) is 5.57 Å². The highest BCUT2D eigenvalue weighted by molar-refractivity contribution is 6.09. The largest absolute Gasteiger partial charge is 0.246 e. The van der Waals surface area contributed by atoms with E-state index in [2.05, 4.69) is 49.3 Å². The number of nitriles is 1. The quantitative estimate of drug-likeness (QED) is 0.504. The Bertz CT molecular complexity index is 602. The van der Waals surface area contributed by atoms with E-state index in [9.17, 15) is 0 Å². The maximum atomic E-state index is 8.65. The molecule has 1 saturated carbocycles. The van der Waals surface area contributed by atoms with Crippen LogP contribution < -0.4 is 0 Å². The van der Waals surface area contributed by atoms with Crippen molar-refractivity contribution in [2.75, 3.05) is 0 Å². The van der Waals surface area contributed by atoms with Crippen LogP contribution in [0.15, 0.2) is 48.1 Å². The van der Waals surface area contributed by atoms with Crippen molar-refractivity contribution in [3.63, 3.8) is 0 Å². The molecule has 0 aliphatic heterocycles. The SMILES string of the molecule is C=C(C#N)N=CC(=C)c1ccc(C2CCCC2CCC)cc1. The molecule has 1 fully saturated rings. The normalized spacial score (nSPS) is 20.9. The number of allylic oxidation sites excluding steroid dienone is 2. The zero-order valence-electron chi connectivity index (χ0n) is 13.4. The molecule has 0 radical (unpaired) electrons. The number of hydrogen-bond acceptors (Lipinski definition) is 2. The molecule has 2 rings (SSSR count). The predicted molar refractivity (Wildman–Crippen MR) is 93.7 cm³/mol. The molecule has 0 N–H and O–H groups in total. The standard InChI is InChI=1S/C20H24N2/c1-4-6-18-7-5-8-20(18)19-11-9-17(10-12-19)15(2)14-22-16(3)13-21/h9-12,14,18,20H,2-8H2,1H3. The van der Waals surface area contributed by atoms with Crippen LogP contribution >= 0.6 is 0 Å². The Morgan fingerprint density at radius 2 is 2.05 bits per heavy atom. The van der Waals surface area contributed by atoms with Gasteiger partial charge in [-0.3, -0.25) is 0 Å². The lowest BCUT2D eigenvalue weighted by molar-refractivity contribution is 0.444. The first-order valence-electron chi connectivity index (χ1n) is 8.08. The molecule has 0 heterocycles. The second-order valence-corrected chi connectivity index (χ2v) is 6.05. The zero-order valence-corrected chi connectivity index (χ0v) is 13.4. The van der Waals surface area contributed by atoms with Crippen molar-refractivity contribution in [1.29, 1.82) is 5.26 Å². The first-order valence-corrected chi connectivity index (χ1v) is 8.08. The average molecular weight is 292 g/mol. The highest BCUT2D eigenvalue weighted by atomic mass is 14.7. The summed E-state index contributed by atoms with van der Waals surface area (Å²) in [5, 5.41) is 8.65. The molecule has 0 spiro atoms. The Balaban J connectivity index is 2.07. The van der Waals surface area contributed by atoms with Gasteiger partial charge in [0.05, 0.1) is 0 Å². The van der Waals surface area contributed by atoms with Gasteiger partial charge in [-0.25, -0.2) is 4.99 Å². The van der Waals surface area contributed by atoms with E-state index in [-0.39, 0.29) is 5.70 Å². The van der Waals surface area contributed by atoms with Gasteiger partial charge >= 0.3 is 0 Å². The van der Waals surface area contributed by atoms with Gasteiger partial charge in [0.15, 0.2) is 0 Å². The number of aliphatic imine (C=N–C) groups is 1. The Morgan fingerprint density at radius 1 is 1.32 bits per heavy atom. The number of nitrogens with zero attached hydrogens (tertiary/aromatic N) is 2. The van der Waals surface area contributed by atoms with Crippen molar-refractivity contribution in [2.24, 2.45) is 10.9 Å². The minimum Gasteiger partial charge on any atom is -0.246 e. The van der Waals surface area contributed by atoms with Crippen molar-refractivity contribution in [2.45, 2.75) is 44.9 Å². The van der Waals surface area contributed by atoms with Crippen LogP contribution in [0.5, 0.6) is 0 Å². The van der Waals surface area contributed by atoms with Crippen LogP contribution in [0.1, 0.15) is 56.1 Å². The van der Waals surface area contributed by atoms with Gasteiger partial charge in [0.2, 0.25) is 0 Å². The minimum absolute atomic E-state index is 0.200. The molecule has 1 aliphatic rings. The molecule has 0 amide bonds. The molecule has 1 aromatic rings. The van der Waals surface area contributed by atoms with E-state index in [0.29, 0.717) is 5.92 Å². The maximum Gasteiger partial charge on any atom is 0.133 e. The van der Waals surface area contributed by atoms with E-state index in [1.807, 2.05) is 6.07 Å². The molecule has 0 aromatic heterocycles. The van der Waals surface area contributed by atoms with Crippen LogP contribution in [0.3, 0.4) is 0 Å². The van der Waals surface area contributed by atoms with Gasteiger partial charge in [0.25, 0.3) is 0 Å². The number of hydrogen-bond donors (Lipinski definition) is 0. The maximum absolute atomic E-state index is 8.65. The minimum atomic E-state index is 0.200. The molecular formula is C20H24N2. The highest BCUT2D eigenvalue weighted by Crippen LogP contribution is 2.42. The second kappa shape index (κ2) is 7.75. The van der Waals surface area contributed by atoms with Gasteiger partial charge in [-0.2, -0.15) is 5.26 Å². The van der Waals surface area contributed by atoms with Gasteiger partial charge < -0.3 is 0 Å². The van der Waals surface area contributed by atoms with Crippen LogP contribution in [-0.4, -0.2) is 6.21 Å². The van der Waals surface area contributed by atoms with Crippen LogP contribution in [0, 0.1) is 17.2 Å². The smallest absolute Gasteiger partial charge is 0.133 e. The third-order valence-corrected chi connectivity index (χ3v) is 4.53. The van der Waals surface area contributed by atoms with Crippen molar-refractivity contribution in [1.82, 2.24) is 0 Å². The van der Waals surface area contributed by atoms with E-state index in [1.165, 1.54) is 37.7 Å². The van der Waals surface area contributed by atoms with E-state index in [1.54, 1.807) is 6.21 Å². The summed E-state index contributed by atoms with van der Waals surface area (Å²) < 4.78 is 0. The van der Waals surface area contributed by atoms with Gasteiger partial charge in [-0.15, -0.1) is 0 Å². The van der Waals surface area contributed by atoms with Gasteiger partial charge in [-0.1, -0.05) is 63.6 Å². The van der Waals surface area contributed by atoms with Gasteiger partial charge in [0.1, 0.15) is 11.8 Å². The van der Waals surface area contributed by atoms with Gasteiger partial charge in [-0.05, 0) is 41.4 Å². The molecule has 2 nitrogen and oxygen atoms in total. The lowest BCUT2D eigenvalue weighted by Crippen LogP contribution is -2.06. The predicted octanol–water partition coefficient (Wildman–Crippen LogP) is 5.49. The van der Waals surface area contributed by atoms with Crippen LogP contribution in [0.4, 0.5) is 0 Å². The third-order valence-electron chi connectivity index (χ3n) is 4.53. The second-order valence-electron chi connectivity index (χ2n) is 6.05. The first kappa shape index (κ1) is 16.2. The summed E-state index contributed by atoms with van der Waals surface area (Å²) in [5.74, 6) is 1.56. The Labute approximate surface area is 133 Å². The summed E-state index contributed by atoms with van der Waals surface area (Å²) in [7, 11) is 0. The highest BCUT2D eigenvalue weighted by Gasteiger charge is 2.27. The molecule has 2 atom stereocenters. The Kier molecular flexibility index (Phi) is 5.72. The summed E-state index contributed by atoms with van der Waals surface area (Å²) in [6.07, 6.45) is 8.25. The van der Waals surface area contributed by atoms with Crippen molar-refractivity contribution >= 4 is 11.8 Å². The number of benzene rings is 1. The van der Waals surface area contributed by atoms with E-state index in [0.717, 1.165) is 17.1 Å². The fourth-order valence-corrected chi connectivity index (χ4v) is 3.40. The summed E-state index contributed by atoms with van der Waals surface area (Å²) in [6, 6.07) is 10.6. The van der Waals surface area contributed by atoms with E-state index < -0.39 is 0 Å². The molecule has 2 heteroatoms. The first-order chi connectivity index (χ1) is 10.7. The average Bonchev–Trinajstić information content (AvgIpc) is 3.01. The number of rotatable bonds is 6. The molecule has 0 saturated heterocycles. The molecular weight excluding hydrogens is 268 g/mol. The van der Waals surface area contributed by atoms with E-state index >= 15 is 0 Å². The molecule has 2 unspecified atom stereocenters. The summed E-state index contributed by atoms with van der Waals surface area (Å²) in [5.41, 5.74) is 3.50.